The lowest BCUT2D eigenvalue weighted by molar-refractivity contribution is -0.123. The number of nitrogens with one attached hydrogen (secondary N) is 1. The quantitative estimate of drug-likeness (QED) is 0.689. The minimum atomic E-state index is -3.66. The van der Waals surface area contributed by atoms with E-state index in [2.05, 4.69) is 19.2 Å². The van der Waals surface area contributed by atoms with Crippen molar-refractivity contribution in [3.63, 3.8) is 0 Å². The lowest BCUT2D eigenvalue weighted by Crippen LogP contribution is -2.51. The van der Waals surface area contributed by atoms with Crippen molar-refractivity contribution in [2.75, 3.05) is 10.6 Å². The Morgan fingerprint density at radius 2 is 1.87 bits per heavy atom. The van der Waals surface area contributed by atoms with Crippen molar-refractivity contribution in [3.05, 3.63) is 59.7 Å². The van der Waals surface area contributed by atoms with Crippen LogP contribution in [0.5, 0.6) is 5.75 Å². The van der Waals surface area contributed by atoms with Crippen molar-refractivity contribution >= 4 is 21.6 Å². The molecule has 1 heterocycles. The number of nitrogens with zero attached hydrogens (tertiary/aromatic N) is 1. The number of fused-ring (bicyclic) bond motifs is 1. The van der Waals surface area contributed by atoms with Gasteiger partial charge < -0.3 is 10.1 Å². The van der Waals surface area contributed by atoms with E-state index in [1.165, 1.54) is 4.31 Å². The number of aryl methyl sites for hydroxylation is 1. The summed E-state index contributed by atoms with van der Waals surface area (Å²) in [4.78, 5) is 13.3. The van der Waals surface area contributed by atoms with Crippen LogP contribution in [0.25, 0.3) is 0 Å². The highest BCUT2D eigenvalue weighted by atomic mass is 32.2. The van der Waals surface area contributed by atoms with E-state index in [0.29, 0.717) is 12.1 Å². The molecule has 0 saturated carbocycles. The number of sulfonamides is 1. The van der Waals surface area contributed by atoms with E-state index in [4.69, 9.17) is 4.74 Å². The van der Waals surface area contributed by atoms with Crippen LogP contribution < -0.4 is 14.4 Å². The summed E-state index contributed by atoms with van der Waals surface area (Å²) >= 11 is 0. The van der Waals surface area contributed by atoms with Gasteiger partial charge in [-0.05, 0) is 50.5 Å². The highest BCUT2D eigenvalue weighted by Crippen LogP contribution is 2.42. The predicted octanol–water partition coefficient (Wildman–Crippen LogP) is 4.35. The van der Waals surface area contributed by atoms with Crippen molar-refractivity contribution < 1.29 is 17.9 Å². The fourth-order valence-electron chi connectivity index (χ4n) is 4.30. The molecule has 168 valence electrons. The van der Waals surface area contributed by atoms with Gasteiger partial charge in [-0.25, -0.2) is 8.42 Å². The van der Waals surface area contributed by atoms with E-state index in [-0.39, 0.29) is 17.6 Å². The molecule has 31 heavy (non-hydrogen) atoms. The van der Waals surface area contributed by atoms with Gasteiger partial charge in [-0.15, -0.1) is 0 Å². The minimum absolute atomic E-state index is 0.251. The number of hydrogen-bond acceptors (Lipinski definition) is 4. The standard InChI is InChI=1S/C24H32N2O4S/c1-6-24(7-2)16-21(20-13-8-9-14-22(20)30-24)25-23(27)18(4)26(31(5,28)29)19-12-10-11-17(3)15-19/h8-15,18,21H,6-7,16H2,1-5H3,(H,25,27)/t18-,21+/m0/s1. The maximum Gasteiger partial charge on any atom is 0.244 e. The van der Waals surface area contributed by atoms with Gasteiger partial charge in [0, 0.05) is 12.0 Å². The smallest absolute Gasteiger partial charge is 0.244 e. The van der Waals surface area contributed by atoms with E-state index < -0.39 is 16.1 Å². The Morgan fingerprint density at radius 3 is 2.48 bits per heavy atom. The maximum absolute atomic E-state index is 13.3. The van der Waals surface area contributed by atoms with Gasteiger partial charge in [-0.1, -0.05) is 44.2 Å². The molecule has 0 aliphatic carbocycles. The highest BCUT2D eigenvalue weighted by molar-refractivity contribution is 7.92. The van der Waals surface area contributed by atoms with Gasteiger partial charge in [-0.2, -0.15) is 0 Å². The summed E-state index contributed by atoms with van der Waals surface area (Å²) in [5, 5.41) is 3.11. The molecule has 1 amide bonds. The molecule has 2 aromatic rings. The zero-order valence-electron chi connectivity index (χ0n) is 18.9. The fraction of sp³-hybridized carbons (Fsp3) is 0.458. The number of carbonyl (C=O) groups excluding carboxylic acids is 1. The Morgan fingerprint density at radius 1 is 1.19 bits per heavy atom. The van der Waals surface area contributed by atoms with Gasteiger partial charge in [-0.3, -0.25) is 9.10 Å². The predicted molar refractivity (Wildman–Crippen MR) is 124 cm³/mol. The molecule has 0 bridgehead atoms. The van der Waals surface area contributed by atoms with Crippen LogP contribution in [-0.2, 0) is 14.8 Å². The molecule has 0 spiro atoms. The van der Waals surface area contributed by atoms with Gasteiger partial charge in [0.2, 0.25) is 15.9 Å². The first-order chi connectivity index (χ1) is 14.6. The molecule has 0 unspecified atom stereocenters. The summed E-state index contributed by atoms with van der Waals surface area (Å²) in [6.07, 6.45) is 3.40. The Balaban J connectivity index is 1.91. The molecule has 0 saturated heterocycles. The minimum Gasteiger partial charge on any atom is -0.487 e. The lowest BCUT2D eigenvalue weighted by atomic mass is 9.83. The average Bonchev–Trinajstić information content (AvgIpc) is 2.72. The zero-order chi connectivity index (χ0) is 22.8. The molecular formula is C24H32N2O4S. The Hall–Kier alpha value is -2.54. The van der Waals surface area contributed by atoms with E-state index in [9.17, 15) is 13.2 Å². The van der Waals surface area contributed by atoms with Crippen LogP contribution in [-0.4, -0.2) is 32.2 Å². The molecule has 0 aromatic heterocycles. The lowest BCUT2D eigenvalue weighted by Gasteiger charge is -2.42. The van der Waals surface area contributed by atoms with Gasteiger partial charge >= 0.3 is 0 Å². The Kier molecular flexibility index (Phi) is 6.65. The van der Waals surface area contributed by atoms with Gasteiger partial charge in [0.25, 0.3) is 0 Å². The molecule has 2 aromatic carbocycles. The van der Waals surface area contributed by atoms with E-state index in [1.54, 1.807) is 25.1 Å². The second kappa shape index (κ2) is 8.91. The summed E-state index contributed by atoms with van der Waals surface area (Å²) in [5.74, 6) is 0.434. The van der Waals surface area contributed by atoms with Crippen molar-refractivity contribution in [3.8, 4) is 5.75 Å². The van der Waals surface area contributed by atoms with Crippen LogP contribution in [0.2, 0.25) is 0 Å². The topological polar surface area (TPSA) is 75.7 Å². The molecule has 3 rings (SSSR count). The molecule has 1 aliphatic heterocycles. The number of ether oxygens (including phenoxy) is 1. The van der Waals surface area contributed by atoms with Gasteiger partial charge in [0.05, 0.1) is 18.0 Å². The third-order valence-corrected chi connectivity index (χ3v) is 7.39. The number of para-hydroxylation sites is 1. The molecule has 7 heteroatoms. The molecule has 1 aliphatic rings. The van der Waals surface area contributed by atoms with Crippen molar-refractivity contribution in [2.45, 2.75) is 64.6 Å². The maximum atomic E-state index is 13.3. The number of carbonyl (C=O) groups is 1. The first-order valence-corrected chi connectivity index (χ1v) is 12.6. The Labute approximate surface area is 185 Å². The number of anilines is 1. The highest BCUT2D eigenvalue weighted by Gasteiger charge is 2.40. The van der Waals surface area contributed by atoms with Crippen LogP contribution >= 0.6 is 0 Å². The van der Waals surface area contributed by atoms with Crippen molar-refractivity contribution in [2.24, 2.45) is 0 Å². The molecule has 6 nitrogen and oxygen atoms in total. The summed E-state index contributed by atoms with van der Waals surface area (Å²) in [5.41, 5.74) is 1.96. The molecule has 1 N–H and O–H groups in total. The van der Waals surface area contributed by atoms with Crippen molar-refractivity contribution in [1.82, 2.24) is 5.32 Å². The van der Waals surface area contributed by atoms with Crippen LogP contribution in [0, 0.1) is 6.92 Å². The number of rotatable bonds is 7. The Bertz CT molecular complexity index is 1050. The normalized spacial score (nSPS) is 18.4. The summed E-state index contributed by atoms with van der Waals surface area (Å²) in [6, 6.07) is 13.7. The van der Waals surface area contributed by atoms with Gasteiger partial charge in [0.15, 0.2) is 0 Å². The third-order valence-electron chi connectivity index (χ3n) is 6.15. The van der Waals surface area contributed by atoms with Crippen LogP contribution in [0.1, 0.15) is 57.2 Å². The van der Waals surface area contributed by atoms with Crippen LogP contribution in [0.4, 0.5) is 5.69 Å². The van der Waals surface area contributed by atoms with Crippen LogP contribution in [0.3, 0.4) is 0 Å². The van der Waals surface area contributed by atoms with E-state index in [1.807, 2.05) is 37.3 Å². The monoisotopic (exact) mass is 444 g/mol. The fourth-order valence-corrected chi connectivity index (χ4v) is 5.46. The first kappa shape index (κ1) is 23.1. The first-order valence-electron chi connectivity index (χ1n) is 10.7. The third kappa shape index (κ3) is 4.87. The summed E-state index contributed by atoms with van der Waals surface area (Å²) in [6.45, 7) is 7.68. The second-order valence-corrected chi connectivity index (χ2v) is 10.2. The number of hydrogen-bond donors (Lipinski definition) is 1. The molecular weight excluding hydrogens is 412 g/mol. The second-order valence-electron chi connectivity index (χ2n) is 8.37. The number of amides is 1. The molecule has 0 fully saturated rings. The largest absolute Gasteiger partial charge is 0.487 e. The number of benzene rings is 2. The van der Waals surface area contributed by atoms with E-state index in [0.717, 1.165) is 36.0 Å². The molecule has 2 atom stereocenters. The SMILES string of the molecule is CCC1(CC)C[C@@H](NC(=O)[C@H](C)N(c2cccc(C)c2)S(C)(=O)=O)c2ccccc2O1. The van der Waals surface area contributed by atoms with Gasteiger partial charge in [0.1, 0.15) is 17.4 Å². The van der Waals surface area contributed by atoms with Crippen molar-refractivity contribution in [1.29, 1.82) is 0 Å². The summed E-state index contributed by atoms with van der Waals surface area (Å²) < 4.78 is 32.7. The zero-order valence-corrected chi connectivity index (χ0v) is 19.7. The van der Waals surface area contributed by atoms with Crippen LogP contribution in [0.15, 0.2) is 48.5 Å². The summed E-state index contributed by atoms with van der Waals surface area (Å²) in [7, 11) is -3.66. The average molecular weight is 445 g/mol. The van der Waals surface area contributed by atoms with E-state index >= 15 is 0 Å². The molecule has 0 radical (unpaired) electrons.